The summed E-state index contributed by atoms with van der Waals surface area (Å²) < 4.78 is 13.3. The van der Waals surface area contributed by atoms with Gasteiger partial charge >= 0.3 is 0 Å². The Morgan fingerprint density at radius 1 is 1.23 bits per heavy atom. The second-order valence-electron chi connectivity index (χ2n) is 6.71. The summed E-state index contributed by atoms with van der Waals surface area (Å²) >= 11 is 0. The van der Waals surface area contributed by atoms with Crippen molar-refractivity contribution in [3.8, 4) is 17.0 Å². The van der Waals surface area contributed by atoms with Crippen LogP contribution in [0.1, 0.15) is 30.5 Å². The zero-order valence-electron chi connectivity index (χ0n) is 15.3. The number of methoxy groups -OCH3 is 1. The number of rotatable bonds is 6. The summed E-state index contributed by atoms with van der Waals surface area (Å²) in [6, 6.07) is 8.30. The van der Waals surface area contributed by atoms with E-state index < -0.39 is 0 Å². The highest BCUT2D eigenvalue weighted by atomic mass is 16.5. The Balaban J connectivity index is 1.52. The van der Waals surface area contributed by atoms with Crippen LogP contribution in [0.5, 0.6) is 5.75 Å². The molecule has 3 heterocycles. The number of imidazole rings is 1. The van der Waals surface area contributed by atoms with E-state index in [4.69, 9.17) is 9.26 Å². The zero-order chi connectivity index (χ0) is 17.9. The Morgan fingerprint density at radius 3 is 3.00 bits per heavy atom. The average Bonchev–Trinajstić information content (AvgIpc) is 3.31. The molecule has 0 fully saturated rings. The van der Waals surface area contributed by atoms with Gasteiger partial charge in [0.2, 0.25) is 0 Å². The van der Waals surface area contributed by atoms with Crippen LogP contribution in [0.15, 0.2) is 41.2 Å². The minimum atomic E-state index is 0.733. The zero-order valence-corrected chi connectivity index (χ0v) is 15.3. The van der Waals surface area contributed by atoms with Crippen molar-refractivity contribution < 1.29 is 9.26 Å². The molecule has 136 valence electrons. The Labute approximate surface area is 153 Å². The third-order valence-electron chi connectivity index (χ3n) is 4.84. The van der Waals surface area contributed by atoms with Gasteiger partial charge in [-0.2, -0.15) is 0 Å². The van der Waals surface area contributed by atoms with E-state index in [0.717, 1.165) is 67.6 Å². The summed E-state index contributed by atoms with van der Waals surface area (Å²) in [6.07, 6.45) is 6.05. The summed E-state index contributed by atoms with van der Waals surface area (Å²) in [4.78, 5) is 6.74. The van der Waals surface area contributed by atoms with Gasteiger partial charge in [-0.25, -0.2) is 4.98 Å². The topological polar surface area (TPSA) is 56.3 Å². The molecule has 1 aromatic carbocycles. The molecule has 6 heteroatoms. The molecule has 0 spiro atoms. The molecule has 6 nitrogen and oxygen atoms in total. The van der Waals surface area contributed by atoms with Gasteiger partial charge in [-0.15, -0.1) is 0 Å². The molecule has 0 saturated carbocycles. The predicted octanol–water partition coefficient (Wildman–Crippen LogP) is 3.52. The normalized spacial score (nSPS) is 14.4. The third kappa shape index (κ3) is 3.37. The van der Waals surface area contributed by atoms with Crippen LogP contribution >= 0.6 is 0 Å². The van der Waals surface area contributed by atoms with Crippen LogP contribution in [0.3, 0.4) is 0 Å². The van der Waals surface area contributed by atoms with E-state index in [9.17, 15) is 0 Å². The maximum atomic E-state index is 5.62. The fourth-order valence-corrected chi connectivity index (χ4v) is 3.49. The lowest BCUT2D eigenvalue weighted by Crippen LogP contribution is -2.33. The molecule has 0 N–H and O–H groups in total. The molecular weight excluding hydrogens is 328 g/mol. The summed E-state index contributed by atoms with van der Waals surface area (Å²) in [6.45, 7) is 5.69. The van der Waals surface area contributed by atoms with Crippen LogP contribution in [0.25, 0.3) is 11.3 Å². The highest BCUT2D eigenvalue weighted by Gasteiger charge is 2.19. The van der Waals surface area contributed by atoms with Crippen LogP contribution in [-0.2, 0) is 26.1 Å². The quantitative estimate of drug-likeness (QED) is 0.679. The number of fused-ring (bicyclic) bond motifs is 1. The van der Waals surface area contributed by atoms with Gasteiger partial charge in [0.25, 0.3) is 0 Å². The second kappa shape index (κ2) is 7.33. The molecular formula is C20H24N4O2. The predicted molar refractivity (Wildman–Crippen MR) is 98.8 cm³/mol. The van der Waals surface area contributed by atoms with Crippen LogP contribution in [0.4, 0.5) is 0 Å². The Hall–Kier alpha value is -2.60. The van der Waals surface area contributed by atoms with Gasteiger partial charge in [-0.3, -0.25) is 4.90 Å². The molecule has 2 aromatic heterocycles. The minimum absolute atomic E-state index is 0.733. The first-order chi connectivity index (χ1) is 12.8. The van der Waals surface area contributed by atoms with E-state index in [1.807, 2.05) is 24.5 Å². The van der Waals surface area contributed by atoms with Gasteiger partial charge in [0.05, 0.1) is 20.2 Å². The fourth-order valence-electron chi connectivity index (χ4n) is 3.49. The third-order valence-corrected chi connectivity index (χ3v) is 4.84. The van der Waals surface area contributed by atoms with Crippen molar-refractivity contribution in [3.05, 3.63) is 53.8 Å². The first-order valence-electron chi connectivity index (χ1n) is 9.12. The Bertz CT molecular complexity index is 884. The number of aryl methyl sites for hydroxylation is 1. The van der Waals surface area contributed by atoms with Gasteiger partial charge < -0.3 is 13.8 Å². The highest BCUT2D eigenvalue weighted by molar-refractivity contribution is 5.68. The lowest BCUT2D eigenvalue weighted by atomic mass is 10.0. The standard InChI is InChI=1S/C20H24N4O2/c1-3-4-15-5-6-19(25-2)17(11-15)18-12-16(26-22-18)13-23-9-10-24-8-7-21-20(24)14-23/h5-8,11-12H,3-4,9-10,13-14H2,1-2H3. The van der Waals surface area contributed by atoms with Crippen molar-refractivity contribution in [1.82, 2.24) is 19.6 Å². The van der Waals surface area contributed by atoms with Crippen LogP contribution in [0.2, 0.25) is 0 Å². The molecule has 4 rings (SSSR count). The van der Waals surface area contributed by atoms with Gasteiger partial charge in [0.1, 0.15) is 17.3 Å². The number of hydrogen-bond acceptors (Lipinski definition) is 5. The van der Waals surface area contributed by atoms with Crippen molar-refractivity contribution in [1.29, 1.82) is 0 Å². The van der Waals surface area contributed by atoms with E-state index in [0.29, 0.717) is 0 Å². The Morgan fingerprint density at radius 2 is 2.15 bits per heavy atom. The molecule has 1 aliphatic rings. The number of benzene rings is 1. The Kier molecular flexibility index (Phi) is 4.75. The molecule has 1 aliphatic heterocycles. The van der Waals surface area contributed by atoms with Gasteiger partial charge in [-0.1, -0.05) is 24.6 Å². The first kappa shape index (κ1) is 16.8. The largest absolute Gasteiger partial charge is 0.496 e. The minimum Gasteiger partial charge on any atom is -0.496 e. The van der Waals surface area contributed by atoms with E-state index in [2.05, 4.69) is 38.7 Å². The summed E-state index contributed by atoms with van der Waals surface area (Å²) in [7, 11) is 1.69. The van der Waals surface area contributed by atoms with E-state index in [-0.39, 0.29) is 0 Å². The SMILES string of the molecule is CCCc1ccc(OC)c(-c2cc(CN3CCn4ccnc4C3)on2)c1. The van der Waals surface area contributed by atoms with Crippen molar-refractivity contribution in [3.63, 3.8) is 0 Å². The molecule has 0 bridgehead atoms. The summed E-state index contributed by atoms with van der Waals surface area (Å²) in [5.41, 5.74) is 3.10. The summed E-state index contributed by atoms with van der Waals surface area (Å²) in [5, 5.41) is 4.29. The number of aromatic nitrogens is 3. The van der Waals surface area contributed by atoms with E-state index in [1.165, 1.54) is 5.56 Å². The van der Waals surface area contributed by atoms with Gasteiger partial charge in [-0.05, 0) is 24.1 Å². The van der Waals surface area contributed by atoms with Crippen molar-refractivity contribution in [2.45, 2.75) is 39.4 Å². The highest BCUT2D eigenvalue weighted by Crippen LogP contribution is 2.31. The maximum absolute atomic E-state index is 5.62. The van der Waals surface area contributed by atoms with Crippen LogP contribution < -0.4 is 4.74 Å². The molecule has 26 heavy (non-hydrogen) atoms. The maximum Gasteiger partial charge on any atom is 0.151 e. The molecule has 0 unspecified atom stereocenters. The van der Waals surface area contributed by atoms with Gasteiger partial charge in [0.15, 0.2) is 5.76 Å². The van der Waals surface area contributed by atoms with Crippen LogP contribution in [0, 0.1) is 0 Å². The molecule has 0 amide bonds. The van der Waals surface area contributed by atoms with E-state index in [1.54, 1.807) is 7.11 Å². The second-order valence-corrected chi connectivity index (χ2v) is 6.71. The molecule has 3 aromatic rings. The van der Waals surface area contributed by atoms with Crippen molar-refractivity contribution in [2.24, 2.45) is 0 Å². The lowest BCUT2D eigenvalue weighted by molar-refractivity contribution is 0.186. The number of ether oxygens (including phenoxy) is 1. The summed E-state index contributed by atoms with van der Waals surface area (Å²) in [5.74, 6) is 2.79. The first-order valence-corrected chi connectivity index (χ1v) is 9.12. The smallest absolute Gasteiger partial charge is 0.151 e. The molecule has 0 aliphatic carbocycles. The van der Waals surface area contributed by atoms with Crippen molar-refractivity contribution >= 4 is 0 Å². The van der Waals surface area contributed by atoms with Crippen molar-refractivity contribution in [2.75, 3.05) is 13.7 Å². The lowest BCUT2D eigenvalue weighted by Gasteiger charge is -2.26. The molecule has 0 saturated heterocycles. The molecule has 0 radical (unpaired) electrons. The average molecular weight is 352 g/mol. The number of hydrogen-bond donors (Lipinski definition) is 0. The monoisotopic (exact) mass is 352 g/mol. The number of nitrogens with zero attached hydrogens (tertiary/aromatic N) is 4. The van der Waals surface area contributed by atoms with Gasteiger partial charge in [0, 0.05) is 37.1 Å². The van der Waals surface area contributed by atoms with E-state index >= 15 is 0 Å². The molecule has 0 atom stereocenters. The fraction of sp³-hybridized carbons (Fsp3) is 0.400. The van der Waals surface area contributed by atoms with Crippen LogP contribution in [-0.4, -0.2) is 33.3 Å².